The first-order valence-electron chi connectivity index (χ1n) is 5.40. The van der Waals surface area contributed by atoms with Gasteiger partial charge in [-0.1, -0.05) is 6.07 Å². The van der Waals surface area contributed by atoms with E-state index in [0.29, 0.717) is 10.0 Å². The van der Waals surface area contributed by atoms with Gasteiger partial charge in [0.2, 0.25) is 0 Å². The van der Waals surface area contributed by atoms with Crippen LogP contribution >= 0.6 is 11.3 Å². The lowest BCUT2D eigenvalue weighted by molar-refractivity contribution is 0.600. The van der Waals surface area contributed by atoms with E-state index in [1.807, 2.05) is 19.9 Å². The predicted molar refractivity (Wildman–Crippen MR) is 73.6 cm³/mol. The summed E-state index contributed by atoms with van der Waals surface area (Å²) in [5.41, 5.74) is 2.78. The van der Waals surface area contributed by atoms with Crippen LogP contribution in [0, 0.1) is 20.8 Å². The topological polar surface area (TPSA) is 59.1 Å². The molecule has 4 nitrogen and oxygen atoms in total. The molecule has 96 valence electrons. The van der Waals surface area contributed by atoms with E-state index in [1.165, 1.54) is 11.3 Å². The average molecular weight is 282 g/mol. The Morgan fingerprint density at radius 3 is 2.39 bits per heavy atom. The van der Waals surface area contributed by atoms with Crippen molar-refractivity contribution in [3.63, 3.8) is 0 Å². The molecule has 0 saturated carbocycles. The van der Waals surface area contributed by atoms with E-state index in [-0.39, 0.29) is 0 Å². The molecule has 18 heavy (non-hydrogen) atoms. The number of benzene rings is 1. The van der Waals surface area contributed by atoms with Gasteiger partial charge in [-0.3, -0.25) is 4.72 Å². The molecule has 0 radical (unpaired) electrons. The van der Waals surface area contributed by atoms with Crippen molar-refractivity contribution in [1.82, 2.24) is 4.98 Å². The second-order valence-corrected chi connectivity index (χ2v) is 6.69. The maximum atomic E-state index is 12.2. The van der Waals surface area contributed by atoms with Crippen molar-refractivity contribution in [2.75, 3.05) is 4.72 Å². The lowest BCUT2D eigenvalue weighted by Crippen LogP contribution is -2.14. The zero-order valence-electron chi connectivity index (χ0n) is 10.4. The number of hydrogen-bond acceptors (Lipinski definition) is 4. The molecule has 0 spiro atoms. The fraction of sp³-hybridized carbons (Fsp3) is 0.250. The molecule has 0 aliphatic carbocycles. The fourth-order valence-electron chi connectivity index (χ4n) is 1.67. The molecule has 6 heteroatoms. The first kappa shape index (κ1) is 13.0. The minimum atomic E-state index is -3.56. The van der Waals surface area contributed by atoms with Gasteiger partial charge in [-0.05, 0) is 43.5 Å². The second kappa shape index (κ2) is 4.70. The van der Waals surface area contributed by atoms with Crippen LogP contribution in [0.3, 0.4) is 0 Å². The summed E-state index contributed by atoms with van der Waals surface area (Å²) in [5.74, 6) is 0. The molecule has 0 atom stereocenters. The Morgan fingerprint density at radius 2 is 1.78 bits per heavy atom. The van der Waals surface area contributed by atoms with Crippen LogP contribution in [-0.4, -0.2) is 13.4 Å². The first-order valence-corrected chi connectivity index (χ1v) is 7.76. The molecular formula is C12H14N2O2S2. The Hall–Kier alpha value is -1.40. The van der Waals surface area contributed by atoms with Gasteiger partial charge in [0.05, 0.1) is 4.90 Å². The van der Waals surface area contributed by atoms with Crippen LogP contribution < -0.4 is 4.72 Å². The average Bonchev–Trinajstić information content (AvgIpc) is 2.75. The van der Waals surface area contributed by atoms with Crippen LogP contribution in [0.2, 0.25) is 0 Å². The number of thiazole rings is 1. The van der Waals surface area contributed by atoms with Crippen molar-refractivity contribution >= 4 is 26.5 Å². The standard InChI is InChI=1S/C12H14N2O2S2/c1-8-6-10(3)11(7-9(8)2)18(15,16)14-12-13-4-5-17-12/h4-7H,1-3H3,(H,13,14). The predicted octanol–water partition coefficient (Wildman–Crippen LogP) is 2.87. The number of sulfonamides is 1. The van der Waals surface area contributed by atoms with Gasteiger partial charge in [-0.2, -0.15) is 0 Å². The number of rotatable bonds is 3. The summed E-state index contributed by atoms with van der Waals surface area (Å²) in [5, 5.41) is 2.11. The third kappa shape index (κ3) is 2.54. The summed E-state index contributed by atoms with van der Waals surface area (Å²) in [7, 11) is -3.56. The molecule has 0 bridgehead atoms. The molecule has 0 aliphatic rings. The van der Waals surface area contributed by atoms with Crippen LogP contribution in [0.4, 0.5) is 5.13 Å². The molecule has 0 unspecified atom stereocenters. The highest BCUT2D eigenvalue weighted by atomic mass is 32.2. The largest absolute Gasteiger partial charge is 0.263 e. The van der Waals surface area contributed by atoms with Gasteiger partial charge in [0, 0.05) is 11.6 Å². The van der Waals surface area contributed by atoms with Crippen molar-refractivity contribution in [2.45, 2.75) is 25.7 Å². The van der Waals surface area contributed by atoms with Crippen LogP contribution in [0.5, 0.6) is 0 Å². The van der Waals surface area contributed by atoms with E-state index in [0.717, 1.165) is 16.7 Å². The highest BCUT2D eigenvalue weighted by Gasteiger charge is 2.18. The summed E-state index contributed by atoms with van der Waals surface area (Å²) < 4.78 is 27.0. The summed E-state index contributed by atoms with van der Waals surface area (Å²) in [6.45, 7) is 5.66. The van der Waals surface area contributed by atoms with Crippen LogP contribution in [0.1, 0.15) is 16.7 Å². The number of aromatic nitrogens is 1. The summed E-state index contributed by atoms with van der Waals surface area (Å²) in [6.07, 6.45) is 1.57. The number of nitrogens with zero attached hydrogens (tertiary/aromatic N) is 1. The highest BCUT2D eigenvalue weighted by molar-refractivity contribution is 7.93. The van der Waals surface area contributed by atoms with E-state index in [9.17, 15) is 8.42 Å². The van der Waals surface area contributed by atoms with E-state index in [1.54, 1.807) is 24.6 Å². The molecule has 0 fully saturated rings. The molecule has 1 aromatic heterocycles. The van der Waals surface area contributed by atoms with Gasteiger partial charge in [-0.25, -0.2) is 13.4 Å². The van der Waals surface area contributed by atoms with Crippen molar-refractivity contribution in [3.05, 3.63) is 40.4 Å². The number of hydrogen-bond donors (Lipinski definition) is 1. The van der Waals surface area contributed by atoms with E-state index in [4.69, 9.17) is 0 Å². The Bertz CT molecular complexity index is 662. The molecular weight excluding hydrogens is 268 g/mol. The quantitative estimate of drug-likeness (QED) is 0.941. The Labute approximate surface area is 111 Å². The second-order valence-electron chi connectivity index (χ2n) is 4.14. The van der Waals surface area contributed by atoms with Crippen LogP contribution in [-0.2, 0) is 10.0 Å². The number of nitrogens with one attached hydrogen (secondary N) is 1. The van der Waals surface area contributed by atoms with E-state index in [2.05, 4.69) is 9.71 Å². The minimum absolute atomic E-state index is 0.306. The molecule has 0 amide bonds. The molecule has 1 heterocycles. The third-order valence-corrected chi connectivity index (χ3v) is 5.03. The lowest BCUT2D eigenvalue weighted by Gasteiger charge is -2.11. The van der Waals surface area contributed by atoms with Gasteiger partial charge in [0.15, 0.2) is 5.13 Å². The fourth-order valence-corrected chi connectivity index (χ4v) is 3.77. The maximum Gasteiger partial charge on any atom is 0.263 e. The summed E-state index contributed by atoms with van der Waals surface area (Å²) >= 11 is 1.26. The molecule has 0 saturated heterocycles. The molecule has 0 aliphatic heterocycles. The van der Waals surface area contributed by atoms with Gasteiger partial charge < -0.3 is 0 Å². The van der Waals surface area contributed by atoms with Crippen LogP contribution in [0.15, 0.2) is 28.6 Å². The maximum absolute atomic E-state index is 12.2. The summed E-state index contributed by atoms with van der Waals surface area (Å²) in [4.78, 5) is 4.23. The number of aryl methyl sites for hydroxylation is 3. The minimum Gasteiger partial charge on any atom is -0.255 e. The first-order chi connectivity index (χ1) is 8.40. The Balaban J connectivity index is 2.44. The van der Waals surface area contributed by atoms with Crippen LogP contribution in [0.25, 0.3) is 0 Å². The lowest BCUT2D eigenvalue weighted by atomic mass is 10.1. The zero-order valence-corrected chi connectivity index (χ0v) is 12.0. The van der Waals surface area contributed by atoms with Gasteiger partial charge in [0.1, 0.15) is 0 Å². The van der Waals surface area contributed by atoms with Crippen molar-refractivity contribution in [3.8, 4) is 0 Å². The van der Waals surface area contributed by atoms with Gasteiger partial charge in [0.25, 0.3) is 10.0 Å². The molecule has 1 N–H and O–H groups in total. The van der Waals surface area contributed by atoms with Gasteiger partial charge >= 0.3 is 0 Å². The SMILES string of the molecule is Cc1cc(C)c(S(=O)(=O)Nc2nccs2)cc1C. The molecule has 2 aromatic rings. The number of anilines is 1. The summed E-state index contributed by atoms with van der Waals surface area (Å²) in [6, 6.07) is 3.58. The van der Waals surface area contributed by atoms with Gasteiger partial charge in [-0.15, -0.1) is 11.3 Å². The molecule has 1 aromatic carbocycles. The highest BCUT2D eigenvalue weighted by Crippen LogP contribution is 2.23. The smallest absolute Gasteiger partial charge is 0.255 e. The van der Waals surface area contributed by atoms with Crippen molar-refractivity contribution in [1.29, 1.82) is 0 Å². The van der Waals surface area contributed by atoms with E-state index >= 15 is 0 Å². The van der Waals surface area contributed by atoms with Crippen molar-refractivity contribution < 1.29 is 8.42 Å². The van der Waals surface area contributed by atoms with Crippen molar-refractivity contribution in [2.24, 2.45) is 0 Å². The Morgan fingerprint density at radius 1 is 1.11 bits per heavy atom. The monoisotopic (exact) mass is 282 g/mol. The molecule has 2 rings (SSSR count). The zero-order chi connectivity index (χ0) is 13.3. The van der Waals surface area contributed by atoms with E-state index < -0.39 is 10.0 Å². The Kier molecular flexibility index (Phi) is 3.41. The third-order valence-electron chi connectivity index (χ3n) is 2.73. The normalized spacial score (nSPS) is 11.5.